The first-order valence-corrected chi connectivity index (χ1v) is 10.2. The molecule has 1 saturated heterocycles. The number of allylic oxidation sites excluding steroid dienone is 2. The Morgan fingerprint density at radius 3 is 2.63 bits per heavy atom. The van der Waals surface area contributed by atoms with E-state index < -0.39 is 0 Å². The average Bonchev–Trinajstić information content (AvgIpc) is 2.76. The summed E-state index contributed by atoms with van der Waals surface area (Å²) in [5.74, 6) is 0. The van der Waals surface area contributed by atoms with Gasteiger partial charge in [0.1, 0.15) is 0 Å². The molecule has 0 atom stereocenters. The molecule has 2 aromatic rings. The van der Waals surface area contributed by atoms with Gasteiger partial charge < -0.3 is 21.6 Å². The van der Waals surface area contributed by atoms with Crippen molar-refractivity contribution in [2.75, 3.05) is 32.0 Å². The fourth-order valence-corrected chi connectivity index (χ4v) is 3.58. The Kier molecular flexibility index (Phi) is 7.46. The normalized spacial score (nSPS) is 15.8. The van der Waals surface area contributed by atoms with Crippen molar-refractivity contribution >= 4 is 41.9 Å². The molecule has 30 heavy (non-hydrogen) atoms. The SMILES string of the molecule is N=C/C(=C\S)c1ccc(N)c(C(=N)/C(N)=C/c2cccc(CN3CCOCC3)c2)c1. The molecule has 1 aliphatic heterocycles. The zero-order valence-electron chi connectivity index (χ0n) is 16.8. The third-order valence-corrected chi connectivity index (χ3v) is 5.30. The molecule has 1 aliphatic rings. The van der Waals surface area contributed by atoms with Crippen molar-refractivity contribution in [2.45, 2.75) is 6.54 Å². The molecule has 6 N–H and O–H groups in total. The van der Waals surface area contributed by atoms with Crippen LogP contribution >= 0.6 is 12.6 Å². The molecule has 6 nitrogen and oxygen atoms in total. The molecule has 156 valence electrons. The maximum Gasteiger partial charge on any atom is 0.0862 e. The van der Waals surface area contributed by atoms with Crippen molar-refractivity contribution in [1.82, 2.24) is 4.90 Å². The number of nitrogens with two attached hydrogens (primary N) is 2. The maximum absolute atomic E-state index is 8.55. The molecule has 1 fully saturated rings. The Bertz CT molecular complexity index is 993. The summed E-state index contributed by atoms with van der Waals surface area (Å²) >= 11 is 4.14. The van der Waals surface area contributed by atoms with Crippen LogP contribution in [0.3, 0.4) is 0 Å². The second-order valence-corrected chi connectivity index (χ2v) is 7.40. The fraction of sp³-hybridized carbons (Fsp3) is 0.217. The summed E-state index contributed by atoms with van der Waals surface area (Å²) in [5.41, 5.74) is 17.3. The summed E-state index contributed by atoms with van der Waals surface area (Å²) in [6.45, 7) is 4.26. The minimum Gasteiger partial charge on any atom is -0.398 e. The Balaban J connectivity index is 1.81. The monoisotopic (exact) mass is 421 g/mol. The van der Waals surface area contributed by atoms with E-state index in [-0.39, 0.29) is 5.71 Å². The van der Waals surface area contributed by atoms with Crippen molar-refractivity contribution in [3.63, 3.8) is 0 Å². The van der Waals surface area contributed by atoms with Crippen LogP contribution in [0, 0.1) is 10.8 Å². The van der Waals surface area contributed by atoms with Crippen LogP contribution in [0.4, 0.5) is 5.69 Å². The number of nitrogens with one attached hydrogen (secondary N) is 2. The summed E-state index contributed by atoms with van der Waals surface area (Å²) in [4.78, 5) is 2.36. The molecule has 0 amide bonds. The second kappa shape index (κ2) is 10.2. The van der Waals surface area contributed by atoms with Crippen molar-refractivity contribution in [1.29, 1.82) is 10.8 Å². The Labute approximate surface area is 182 Å². The number of nitrogen functional groups attached to an aromatic ring is 1. The minimum atomic E-state index is 0.149. The van der Waals surface area contributed by atoms with Crippen LogP contribution < -0.4 is 11.5 Å². The number of anilines is 1. The predicted molar refractivity (Wildman–Crippen MR) is 128 cm³/mol. The van der Waals surface area contributed by atoms with Crippen LogP contribution in [0.2, 0.25) is 0 Å². The lowest BCUT2D eigenvalue weighted by Crippen LogP contribution is -2.35. The topological polar surface area (TPSA) is 112 Å². The lowest BCUT2D eigenvalue weighted by atomic mass is 9.98. The first-order chi connectivity index (χ1) is 14.5. The highest BCUT2D eigenvalue weighted by molar-refractivity contribution is 7.83. The molecule has 0 aliphatic carbocycles. The van der Waals surface area contributed by atoms with Crippen LogP contribution in [0.1, 0.15) is 22.3 Å². The summed E-state index contributed by atoms with van der Waals surface area (Å²) in [6, 6.07) is 13.4. The van der Waals surface area contributed by atoms with Crippen molar-refractivity contribution in [3.05, 3.63) is 75.8 Å². The summed E-state index contributed by atoms with van der Waals surface area (Å²) in [5, 5.41) is 17.6. The average molecular weight is 422 g/mol. The Hall–Kier alpha value is -2.87. The van der Waals surface area contributed by atoms with Crippen molar-refractivity contribution < 1.29 is 4.74 Å². The van der Waals surface area contributed by atoms with Gasteiger partial charge in [0.25, 0.3) is 0 Å². The zero-order chi connectivity index (χ0) is 21.5. The van der Waals surface area contributed by atoms with Gasteiger partial charge in [0, 0.05) is 42.7 Å². The van der Waals surface area contributed by atoms with Gasteiger partial charge in [-0.25, -0.2) is 0 Å². The predicted octanol–water partition coefficient (Wildman–Crippen LogP) is 3.39. The first-order valence-electron chi connectivity index (χ1n) is 9.72. The van der Waals surface area contributed by atoms with Gasteiger partial charge in [0.2, 0.25) is 0 Å². The number of benzene rings is 2. The molecule has 0 spiro atoms. The van der Waals surface area contributed by atoms with Gasteiger partial charge in [-0.15, -0.1) is 0 Å². The van der Waals surface area contributed by atoms with E-state index in [4.69, 9.17) is 27.0 Å². The number of hydrogen-bond acceptors (Lipinski definition) is 7. The van der Waals surface area contributed by atoms with Gasteiger partial charge in [0.15, 0.2) is 0 Å². The zero-order valence-corrected chi connectivity index (χ0v) is 17.7. The van der Waals surface area contributed by atoms with Crippen molar-refractivity contribution in [3.8, 4) is 0 Å². The largest absolute Gasteiger partial charge is 0.398 e. The molecular weight excluding hydrogens is 394 g/mol. The summed E-state index contributed by atoms with van der Waals surface area (Å²) in [7, 11) is 0. The lowest BCUT2D eigenvalue weighted by Gasteiger charge is -2.26. The van der Waals surface area contributed by atoms with Gasteiger partial charge >= 0.3 is 0 Å². The number of hydrogen-bond donors (Lipinski definition) is 5. The highest BCUT2D eigenvalue weighted by atomic mass is 32.1. The summed E-state index contributed by atoms with van der Waals surface area (Å²) < 4.78 is 5.41. The van der Waals surface area contributed by atoms with E-state index in [0.29, 0.717) is 22.5 Å². The number of ether oxygens (including phenoxy) is 1. The van der Waals surface area contributed by atoms with Gasteiger partial charge in [0.05, 0.1) is 24.6 Å². The fourth-order valence-electron chi connectivity index (χ4n) is 3.35. The first kappa shape index (κ1) is 21.8. The molecule has 0 saturated carbocycles. The van der Waals surface area contributed by atoms with Gasteiger partial charge in [-0.3, -0.25) is 10.3 Å². The van der Waals surface area contributed by atoms with E-state index in [1.165, 1.54) is 11.8 Å². The number of morpholine rings is 1. The van der Waals surface area contributed by atoms with E-state index in [0.717, 1.165) is 44.0 Å². The highest BCUT2D eigenvalue weighted by Gasteiger charge is 2.13. The summed E-state index contributed by atoms with van der Waals surface area (Å²) in [6.07, 6.45) is 3.01. The van der Waals surface area contributed by atoms with Crippen LogP contribution in [0.5, 0.6) is 0 Å². The van der Waals surface area contributed by atoms with E-state index in [9.17, 15) is 0 Å². The van der Waals surface area contributed by atoms with E-state index in [1.54, 1.807) is 29.7 Å². The third-order valence-electron chi connectivity index (χ3n) is 5.02. The molecule has 0 aromatic heterocycles. The Morgan fingerprint density at radius 2 is 1.93 bits per heavy atom. The molecular formula is C23H27N5OS. The Morgan fingerprint density at radius 1 is 1.17 bits per heavy atom. The number of rotatable bonds is 7. The van der Waals surface area contributed by atoms with Gasteiger partial charge in [-0.1, -0.05) is 30.3 Å². The lowest BCUT2D eigenvalue weighted by molar-refractivity contribution is 0.0342. The van der Waals surface area contributed by atoms with Crippen LogP contribution in [-0.2, 0) is 11.3 Å². The van der Waals surface area contributed by atoms with Crippen LogP contribution in [-0.4, -0.2) is 43.1 Å². The molecule has 3 rings (SSSR count). The molecule has 7 heteroatoms. The smallest absolute Gasteiger partial charge is 0.0862 e. The second-order valence-electron chi connectivity index (χ2n) is 7.14. The van der Waals surface area contributed by atoms with E-state index in [1.807, 2.05) is 12.1 Å². The minimum absolute atomic E-state index is 0.149. The van der Waals surface area contributed by atoms with Crippen molar-refractivity contribution in [2.24, 2.45) is 5.73 Å². The van der Waals surface area contributed by atoms with E-state index in [2.05, 4.69) is 29.7 Å². The molecule has 1 heterocycles. The number of nitrogens with zero attached hydrogens (tertiary/aromatic N) is 1. The quantitative estimate of drug-likeness (QED) is 0.268. The molecule has 0 bridgehead atoms. The maximum atomic E-state index is 8.55. The highest BCUT2D eigenvalue weighted by Crippen LogP contribution is 2.22. The van der Waals surface area contributed by atoms with Crippen LogP contribution in [0.15, 0.2) is 53.6 Å². The third kappa shape index (κ3) is 5.38. The van der Waals surface area contributed by atoms with Crippen LogP contribution in [0.25, 0.3) is 11.6 Å². The molecule has 0 radical (unpaired) electrons. The van der Waals surface area contributed by atoms with Gasteiger partial charge in [-0.2, -0.15) is 12.6 Å². The standard InChI is InChI=1S/C23H27N5OS/c24-13-19(15-30)18-4-5-21(25)20(12-18)23(27)22(26)11-16-2-1-3-17(10-16)14-28-6-8-29-9-7-28/h1-5,10-13,15,24,27,30H,6-9,14,25-26H2/b19-15+,22-11-,24-13?,27-23?. The molecule has 2 aromatic carbocycles. The van der Waals surface area contributed by atoms with Gasteiger partial charge in [-0.05, 0) is 40.3 Å². The van der Waals surface area contributed by atoms with E-state index >= 15 is 0 Å². The number of thiol groups is 1. The molecule has 0 unspecified atom stereocenters.